The van der Waals surface area contributed by atoms with Gasteiger partial charge in [0.2, 0.25) is 5.91 Å². The van der Waals surface area contributed by atoms with Gasteiger partial charge >= 0.3 is 0 Å². The Labute approximate surface area is 183 Å². The molecule has 3 amide bonds. The van der Waals surface area contributed by atoms with Crippen molar-refractivity contribution < 1.29 is 14.4 Å². The average Bonchev–Trinajstić information content (AvgIpc) is 3.02. The van der Waals surface area contributed by atoms with E-state index in [0.717, 1.165) is 34.3 Å². The molecule has 2 atom stereocenters. The van der Waals surface area contributed by atoms with Gasteiger partial charge < -0.3 is 9.47 Å². The summed E-state index contributed by atoms with van der Waals surface area (Å²) in [5, 5.41) is -0.422. The minimum absolute atomic E-state index is 0.00464. The van der Waals surface area contributed by atoms with E-state index in [2.05, 4.69) is 0 Å². The highest BCUT2D eigenvalue weighted by atomic mass is 32.2. The van der Waals surface area contributed by atoms with E-state index in [9.17, 15) is 19.2 Å². The quantitative estimate of drug-likeness (QED) is 0.693. The van der Waals surface area contributed by atoms with Gasteiger partial charge in [-0.05, 0) is 41.8 Å². The summed E-state index contributed by atoms with van der Waals surface area (Å²) in [6.07, 6.45) is 2.62. The number of aromatic nitrogens is 1. The van der Waals surface area contributed by atoms with Crippen LogP contribution in [0.1, 0.15) is 23.6 Å². The van der Waals surface area contributed by atoms with E-state index in [-0.39, 0.29) is 29.8 Å². The van der Waals surface area contributed by atoms with E-state index in [1.165, 1.54) is 0 Å². The molecule has 3 aliphatic heterocycles. The fourth-order valence-electron chi connectivity index (χ4n) is 4.67. The SMILES string of the molecule is O=C(CN1C(=O)S/C(=C\c2ccccc2)C1=O)N1CC2C[C@H](C1)Cn1c2cccc1=O. The first-order chi connectivity index (χ1) is 15.0. The zero-order chi connectivity index (χ0) is 21.5. The van der Waals surface area contributed by atoms with Crippen molar-refractivity contribution in [3.05, 3.63) is 75.0 Å². The third-order valence-corrected chi connectivity index (χ3v) is 7.00. The summed E-state index contributed by atoms with van der Waals surface area (Å²) in [5.41, 5.74) is 1.78. The minimum atomic E-state index is -0.429. The topological polar surface area (TPSA) is 79.7 Å². The number of thioether (sulfide) groups is 1. The van der Waals surface area contributed by atoms with Gasteiger partial charge in [0.25, 0.3) is 16.7 Å². The van der Waals surface area contributed by atoms with Crippen LogP contribution in [0.3, 0.4) is 0 Å². The summed E-state index contributed by atoms with van der Waals surface area (Å²) in [7, 11) is 0. The molecule has 8 heteroatoms. The van der Waals surface area contributed by atoms with E-state index in [0.29, 0.717) is 24.5 Å². The summed E-state index contributed by atoms with van der Waals surface area (Å²) < 4.78 is 1.81. The molecule has 0 N–H and O–H groups in total. The number of rotatable bonds is 3. The summed E-state index contributed by atoms with van der Waals surface area (Å²) in [4.78, 5) is 53.4. The second kappa shape index (κ2) is 7.85. The van der Waals surface area contributed by atoms with Gasteiger partial charge in [-0.2, -0.15) is 0 Å². The van der Waals surface area contributed by atoms with E-state index < -0.39 is 11.1 Å². The normalized spacial score (nSPS) is 23.9. The van der Waals surface area contributed by atoms with Crippen LogP contribution in [0.25, 0.3) is 6.08 Å². The van der Waals surface area contributed by atoms with Crippen molar-refractivity contribution in [3.63, 3.8) is 0 Å². The molecule has 2 bridgehead atoms. The molecule has 1 aromatic carbocycles. The second-order valence-corrected chi connectivity index (χ2v) is 9.17. The first-order valence-electron chi connectivity index (χ1n) is 10.3. The number of nitrogens with zero attached hydrogens (tertiary/aromatic N) is 3. The first-order valence-corrected chi connectivity index (χ1v) is 11.1. The molecule has 1 aromatic heterocycles. The smallest absolute Gasteiger partial charge is 0.294 e. The third-order valence-electron chi connectivity index (χ3n) is 6.10. The third kappa shape index (κ3) is 3.72. The maximum Gasteiger partial charge on any atom is 0.294 e. The van der Waals surface area contributed by atoms with Crippen LogP contribution in [0.15, 0.2) is 58.2 Å². The molecule has 1 unspecified atom stereocenters. The summed E-state index contributed by atoms with van der Waals surface area (Å²) in [5.74, 6) is -0.368. The van der Waals surface area contributed by atoms with Crippen LogP contribution < -0.4 is 5.56 Å². The number of hydrogen-bond donors (Lipinski definition) is 0. The van der Waals surface area contributed by atoms with Crippen LogP contribution in [-0.2, 0) is 16.1 Å². The Bertz CT molecular complexity index is 1160. The monoisotopic (exact) mass is 435 g/mol. The largest absolute Gasteiger partial charge is 0.340 e. The van der Waals surface area contributed by atoms with Crippen molar-refractivity contribution in [1.29, 1.82) is 0 Å². The lowest BCUT2D eigenvalue weighted by Crippen LogP contribution is -2.51. The number of pyridine rings is 1. The molecule has 31 heavy (non-hydrogen) atoms. The van der Waals surface area contributed by atoms with Gasteiger partial charge in [-0.1, -0.05) is 36.4 Å². The molecule has 0 aliphatic carbocycles. The Balaban J connectivity index is 1.30. The number of likely N-dealkylation sites (tertiary alicyclic amines) is 1. The van der Waals surface area contributed by atoms with Crippen LogP contribution in [0.2, 0.25) is 0 Å². The number of carbonyl (C=O) groups excluding carboxylic acids is 3. The molecule has 0 radical (unpaired) electrons. The predicted octanol–water partition coefficient (Wildman–Crippen LogP) is 2.53. The van der Waals surface area contributed by atoms with Gasteiger partial charge in [-0.15, -0.1) is 0 Å². The summed E-state index contributed by atoms with van der Waals surface area (Å²) >= 11 is 0.864. The Morgan fingerprint density at radius 1 is 1.00 bits per heavy atom. The number of hydrogen-bond acceptors (Lipinski definition) is 5. The zero-order valence-electron chi connectivity index (χ0n) is 16.8. The standard InChI is InChI=1S/C23H21N3O4S/c27-20-8-4-7-18-17-9-16(12-25(18)20)11-24(13-17)21(28)14-26-22(29)19(31-23(26)30)10-15-5-2-1-3-6-15/h1-8,10,16-17H,9,11-14H2/b19-10-/t16-,17?/m1/s1. The molecule has 7 nitrogen and oxygen atoms in total. The van der Waals surface area contributed by atoms with Crippen molar-refractivity contribution in [2.75, 3.05) is 19.6 Å². The molecule has 158 valence electrons. The number of piperidine rings is 1. The zero-order valence-corrected chi connectivity index (χ0v) is 17.6. The van der Waals surface area contributed by atoms with Gasteiger partial charge in [-0.25, -0.2) is 0 Å². The van der Waals surface area contributed by atoms with E-state index in [1.807, 2.05) is 41.0 Å². The number of imide groups is 1. The Morgan fingerprint density at radius 2 is 1.81 bits per heavy atom. The highest BCUT2D eigenvalue weighted by molar-refractivity contribution is 8.18. The van der Waals surface area contributed by atoms with Crippen molar-refractivity contribution in [3.8, 4) is 0 Å². The van der Waals surface area contributed by atoms with Crippen molar-refractivity contribution in [2.45, 2.75) is 18.9 Å². The molecular weight excluding hydrogens is 414 g/mol. The highest BCUT2D eigenvalue weighted by Gasteiger charge is 2.40. The second-order valence-electron chi connectivity index (χ2n) is 8.18. The number of benzene rings is 1. The lowest BCUT2D eigenvalue weighted by molar-refractivity contribution is -0.138. The van der Waals surface area contributed by atoms with Crippen LogP contribution in [-0.4, -0.2) is 51.1 Å². The van der Waals surface area contributed by atoms with E-state index in [4.69, 9.17) is 0 Å². The average molecular weight is 436 g/mol. The van der Waals surface area contributed by atoms with Gasteiger partial charge in [0, 0.05) is 37.3 Å². The molecule has 0 saturated carbocycles. The molecule has 2 fully saturated rings. The van der Waals surface area contributed by atoms with Crippen molar-refractivity contribution in [1.82, 2.24) is 14.4 Å². The maximum absolute atomic E-state index is 13.0. The lowest BCUT2D eigenvalue weighted by atomic mass is 9.83. The van der Waals surface area contributed by atoms with Gasteiger partial charge in [-0.3, -0.25) is 24.1 Å². The van der Waals surface area contributed by atoms with E-state index in [1.54, 1.807) is 23.1 Å². The molecule has 2 aromatic rings. The van der Waals surface area contributed by atoms with Crippen LogP contribution in [0, 0.1) is 5.92 Å². The van der Waals surface area contributed by atoms with Gasteiger partial charge in [0.1, 0.15) is 6.54 Å². The minimum Gasteiger partial charge on any atom is -0.340 e. The summed E-state index contributed by atoms with van der Waals surface area (Å²) in [6.45, 7) is 1.37. The Morgan fingerprint density at radius 3 is 2.61 bits per heavy atom. The number of fused-ring (bicyclic) bond motifs is 4. The molecule has 2 saturated heterocycles. The Hall–Kier alpha value is -3.13. The van der Waals surface area contributed by atoms with E-state index >= 15 is 0 Å². The van der Waals surface area contributed by atoms with Crippen LogP contribution in [0.4, 0.5) is 4.79 Å². The van der Waals surface area contributed by atoms with Gasteiger partial charge in [0.15, 0.2) is 0 Å². The van der Waals surface area contributed by atoms with Crippen molar-refractivity contribution in [2.24, 2.45) is 5.92 Å². The lowest BCUT2D eigenvalue weighted by Gasteiger charge is -2.43. The van der Waals surface area contributed by atoms with Gasteiger partial charge in [0.05, 0.1) is 4.91 Å². The van der Waals surface area contributed by atoms with Crippen LogP contribution in [0.5, 0.6) is 0 Å². The fourth-order valence-corrected chi connectivity index (χ4v) is 5.51. The van der Waals surface area contributed by atoms with Crippen molar-refractivity contribution >= 4 is 34.9 Å². The first kappa shape index (κ1) is 19.8. The molecule has 0 spiro atoms. The molecular formula is C23H21N3O4S. The molecule has 5 rings (SSSR count). The number of amides is 3. The summed E-state index contributed by atoms with van der Waals surface area (Å²) in [6, 6.07) is 14.6. The van der Waals surface area contributed by atoms with Crippen LogP contribution >= 0.6 is 11.8 Å². The number of carbonyl (C=O) groups is 3. The Kier molecular flexibility index (Phi) is 5.02. The maximum atomic E-state index is 13.0. The highest BCUT2D eigenvalue weighted by Crippen LogP contribution is 2.36. The molecule has 4 heterocycles. The molecule has 3 aliphatic rings. The fraction of sp³-hybridized carbons (Fsp3) is 0.304. The predicted molar refractivity (Wildman–Crippen MR) is 117 cm³/mol.